The van der Waals surface area contributed by atoms with E-state index in [0.717, 1.165) is 17.0 Å². The minimum Gasteiger partial charge on any atom is -0.465 e. The first-order valence-electron chi connectivity index (χ1n) is 10.0. The molecule has 2 aromatic carbocycles. The van der Waals surface area contributed by atoms with Gasteiger partial charge in [0.1, 0.15) is 5.82 Å². The zero-order valence-electron chi connectivity index (χ0n) is 17.6. The van der Waals surface area contributed by atoms with Crippen LogP contribution in [0.1, 0.15) is 41.2 Å². The van der Waals surface area contributed by atoms with Crippen LogP contribution in [0.15, 0.2) is 42.5 Å². The summed E-state index contributed by atoms with van der Waals surface area (Å²) < 4.78 is 98.5. The molecule has 1 saturated heterocycles. The van der Waals surface area contributed by atoms with Crippen molar-refractivity contribution in [2.24, 2.45) is 0 Å². The molecule has 0 unspecified atom stereocenters. The molecule has 1 aliphatic rings. The monoisotopic (exact) mass is 495 g/mol. The lowest BCUT2D eigenvalue weighted by Gasteiger charge is -2.27. The van der Waals surface area contributed by atoms with Crippen LogP contribution in [0.2, 0.25) is 0 Å². The van der Waals surface area contributed by atoms with Crippen molar-refractivity contribution in [3.63, 3.8) is 0 Å². The minimum atomic E-state index is -5.04. The molecule has 2 N–H and O–H groups in total. The Hall–Kier alpha value is -2.86. The number of rotatable bonds is 5. The smallest absolute Gasteiger partial charge is 0.416 e. The summed E-state index contributed by atoms with van der Waals surface area (Å²) in [5, 5.41) is 19.3. The van der Waals surface area contributed by atoms with Gasteiger partial charge in [-0.05, 0) is 48.4 Å². The molecule has 0 aliphatic carbocycles. The number of carboxylic acid groups (broad SMARTS) is 1. The van der Waals surface area contributed by atoms with Gasteiger partial charge >= 0.3 is 18.4 Å². The quantitative estimate of drug-likeness (QED) is 0.542. The van der Waals surface area contributed by atoms with E-state index in [4.69, 9.17) is 4.74 Å². The Morgan fingerprint density at radius 1 is 1.06 bits per heavy atom. The van der Waals surface area contributed by atoms with Gasteiger partial charge in [-0.2, -0.15) is 26.3 Å². The Morgan fingerprint density at radius 3 is 2.03 bits per heavy atom. The molecule has 3 rings (SSSR count). The number of hydrogen-bond donors (Lipinski definition) is 2. The van der Waals surface area contributed by atoms with Crippen molar-refractivity contribution in [1.82, 2.24) is 4.90 Å². The molecular formula is C22H20F7NO4. The van der Waals surface area contributed by atoms with Gasteiger partial charge in [-0.15, -0.1) is 0 Å². The lowest BCUT2D eigenvalue weighted by molar-refractivity contribution is -0.143. The number of ether oxygens (including phenoxy) is 1. The van der Waals surface area contributed by atoms with Crippen molar-refractivity contribution in [2.45, 2.75) is 43.4 Å². The van der Waals surface area contributed by atoms with Gasteiger partial charge in [-0.1, -0.05) is 12.1 Å². The molecule has 186 valence electrons. The Kier molecular flexibility index (Phi) is 7.13. The maximum Gasteiger partial charge on any atom is 0.416 e. The summed E-state index contributed by atoms with van der Waals surface area (Å²) in [5.74, 6) is -1.43. The van der Waals surface area contributed by atoms with Crippen LogP contribution < -0.4 is 0 Å². The number of carbonyl (C=O) groups is 1. The van der Waals surface area contributed by atoms with E-state index in [0.29, 0.717) is 17.7 Å². The van der Waals surface area contributed by atoms with Crippen LogP contribution in [0.4, 0.5) is 35.5 Å². The van der Waals surface area contributed by atoms with E-state index in [9.17, 15) is 45.7 Å². The topological polar surface area (TPSA) is 70.0 Å². The highest BCUT2D eigenvalue weighted by atomic mass is 19.4. The molecule has 1 heterocycles. The summed E-state index contributed by atoms with van der Waals surface area (Å²) in [6.45, 7) is 0.303. The number of alkyl halides is 6. The van der Waals surface area contributed by atoms with Crippen LogP contribution in [-0.2, 0) is 17.1 Å². The van der Waals surface area contributed by atoms with E-state index >= 15 is 0 Å². The van der Waals surface area contributed by atoms with Gasteiger partial charge < -0.3 is 14.9 Å². The Labute approximate surface area is 189 Å². The first-order valence-corrected chi connectivity index (χ1v) is 10.0. The number of benzene rings is 2. The molecule has 0 bridgehead atoms. The number of halogens is 7. The number of aliphatic hydroxyl groups excluding tert-OH is 1. The summed E-state index contributed by atoms with van der Waals surface area (Å²) in [6, 6.07) is 4.98. The normalized spacial score (nSPS) is 22.1. The second kappa shape index (κ2) is 9.41. The van der Waals surface area contributed by atoms with Crippen LogP contribution >= 0.6 is 0 Å². The van der Waals surface area contributed by atoms with Crippen molar-refractivity contribution < 1.29 is 50.5 Å². The SMILES string of the molecule is C[C@@H](O[C@H]1CN(C(=O)O)[C@@H](CO)[C@@H]1c1ccc(F)cc1)c1cc(C(F)(F)F)cc(C(F)(F)F)c1. The van der Waals surface area contributed by atoms with E-state index in [1.807, 2.05) is 0 Å². The van der Waals surface area contributed by atoms with Crippen LogP contribution in [0, 0.1) is 5.82 Å². The highest BCUT2D eigenvalue weighted by Gasteiger charge is 2.46. The molecule has 4 atom stereocenters. The van der Waals surface area contributed by atoms with Crippen molar-refractivity contribution >= 4 is 6.09 Å². The molecule has 1 amide bonds. The number of hydrogen-bond acceptors (Lipinski definition) is 3. The van der Waals surface area contributed by atoms with Gasteiger partial charge in [0.2, 0.25) is 0 Å². The lowest BCUT2D eigenvalue weighted by Crippen LogP contribution is -2.38. The second-order valence-electron chi connectivity index (χ2n) is 7.92. The fourth-order valence-corrected chi connectivity index (χ4v) is 4.12. The number of likely N-dealkylation sites (tertiary alicyclic amines) is 1. The third kappa shape index (κ3) is 5.44. The minimum absolute atomic E-state index is 0.00105. The van der Waals surface area contributed by atoms with Gasteiger partial charge in [-0.25, -0.2) is 9.18 Å². The molecule has 34 heavy (non-hydrogen) atoms. The molecule has 0 aromatic heterocycles. The summed E-state index contributed by atoms with van der Waals surface area (Å²) >= 11 is 0. The van der Waals surface area contributed by atoms with Gasteiger partial charge in [0, 0.05) is 5.92 Å². The third-order valence-electron chi connectivity index (χ3n) is 5.74. The molecule has 1 aliphatic heterocycles. The zero-order chi connectivity index (χ0) is 25.4. The Balaban J connectivity index is 1.99. The number of aliphatic hydroxyl groups is 1. The highest BCUT2D eigenvalue weighted by molar-refractivity contribution is 5.66. The number of nitrogens with zero attached hydrogens (tertiary/aromatic N) is 1. The molecule has 1 fully saturated rings. The van der Waals surface area contributed by atoms with Crippen molar-refractivity contribution in [3.8, 4) is 0 Å². The first kappa shape index (κ1) is 25.8. The summed E-state index contributed by atoms with van der Waals surface area (Å²) in [5.41, 5.74) is -3.03. The fraction of sp³-hybridized carbons (Fsp3) is 0.409. The summed E-state index contributed by atoms with van der Waals surface area (Å²) in [4.78, 5) is 12.5. The predicted molar refractivity (Wildman–Crippen MR) is 104 cm³/mol. The van der Waals surface area contributed by atoms with E-state index in [-0.39, 0.29) is 12.6 Å². The summed E-state index contributed by atoms with van der Waals surface area (Å²) in [6.07, 6.45) is -13.8. The molecule has 2 aromatic rings. The zero-order valence-corrected chi connectivity index (χ0v) is 17.6. The molecule has 12 heteroatoms. The summed E-state index contributed by atoms with van der Waals surface area (Å²) in [7, 11) is 0. The average molecular weight is 495 g/mol. The number of amides is 1. The van der Waals surface area contributed by atoms with Gasteiger partial charge in [0.05, 0.1) is 42.5 Å². The standard InChI is InChI=1S/C22H20F7NO4/c1-11(13-6-14(21(24,25)26)8-15(7-13)22(27,28)29)34-18-9-30(20(32)33)17(10-31)19(18)12-2-4-16(23)5-3-12/h2-8,11,17-19,31H,9-10H2,1H3,(H,32,33)/t11-,17+,18+,19+/m1/s1. The largest absolute Gasteiger partial charge is 0.465 e. The second-order valence-corrected chi connectivity index (χ2v) is 7.92. The fourth-order valence-electron chi connectivity index (χ4n) is 4.12. The van der Waals surface area contributed by atoms with Gasteiger partial charge in [-0.3, -0.25) is 4.90 Å². The Bertz CT molecular complexity index is 991. The van der Waals surface area contributed by atoms with E-state index < -0.39 is 71.7 Å². The van der Waals surface area contributed by atoms with Crippen molar-refractivity contribution in [2.75, 3.05) is 13.2 Å². The first-order chi connectivity index (χ1) is 15.7. The van der Waals surface area contributed by atoms with Gasteiger partial charge in [0.15, 0.2) is 0 Å². The van der Waals surface area contributed by atoms with Crippen LogP contribution in [0.3, 0.4) is 0 Å². The molecule has 0 saturated carbocycles. The van der Waals surface area contributed by atoms with Gasteiger partial charge in [0.25, 0.3) is 0 Å². The molecule has 0 radical (unpaired) electrons. The van der Waals surface area contributed by atoms with Crippen LogP contribution in [0.25, 0.3) is 0 Å². The molecule has 5 nitrogen and oxygen atoms in total. The lowest BCUT2D eigenvalue weighted by atomic mass is 9.90. The molecular weight excluding hydrogens is 475 g/mol. The third-order valence-corrected chi connectivity index (χ3v) is 5.74. The van der Waals surface area contributed by atoms with E-state index in [1.165, 1.54) is 19.1 Å². The average Bonchev–Trinajstić information content (AvgIpc) is 3.11. The maximum absolute atomic E-state index is 13.4. The maximum atomic E-state index is 13.4. The van der Waals surface area contributed by atoms with Crippen molar-refractivity contribution in [3.05, 3.63) is 70.5 Å². The van der Waals surface area contributed by atoms with Crippen LogP contribution in [0.5, 0.6) is 0 Å². The van der Waals surface area contributed by atoms with E-state index in [1.54, 1.807) is 0 Å². The van der Waals surface area contributed by atoms with Crippen LogP contribution in [-0.4, -0.2) is 46.5 Å². The highest BCUT2D eigenvalue weighted by Crippen LogP contribution is 2.41. The predicted octanol–water partition coefficient (Wildman–Crippen LogP) is 5.45. The molecule has 0 spiro atoms. The Morgan fingerprint density at radius 2 is 1.59 bits per heavy atom. The van der Waals surface area contributed by atoms with Crippen molar-refractivity contribution in [1.29, 1.82) is 0 Å². The van der Waals surface area contributed by atoms with E-state index in [2.05, 4.69) is 0 Å².